The van der Waals surface area contributed by atoms with Crippen molar-refractivity contribution in [3.8, 4) is 0 Å². The number of carbonyl (C=O) groups is 1. The van der Waals surface area contributed by atoms with Crippen LogP contribution in [0.2, 0.25) is 0 Å². The van der Waals surface area contributed by atoms with Gasteiger partial charge in [0.25, 0.3) is 5.69 Å². The predicted octanol–water partition coefficient (Wildman–Crippen LogP) is 1.80. The summed E-state index contributed by atoms with van der Waals surface area (Å²) in [5.41, 5.74) is 0.573. The van der Waals surface area contributed by atoms with Gasteiger partial charge in [0.05, 0.1) is 17.4 Å². The first kappa shape index (κ1) is 15.4. The fourth-order valence-corrected chi connectivity index (χ4v) is 2.76. The molecule has 2 N–H and O–H groups in total. The molecule has 0 aliphatic heterocycles. The van der Waals surface area contributed by atoms with Gasteiger partial charge in [-0.1, -0.05) is 25.0 Å². The van der Waals surface area contributed by atoms with Crippen LogP contribution < -0.4 is 5.32 Å². The van der Waals surface area contributed by atoms with Crippen molar-refractivity contribution in [3.63, 3.8) is 0 Å². The molecule has 1 fully saturated rings. The molecule has 0 bridgehead atoms. The van der Waals surface area contributed by atoms with E-state index in [1.165, 1.54) is 12.1 Å². The lowest BCUT2D eigenvalue weighted by Crippen LogP contribution is -2.36. The Bertz CT molecular complexity index is 512. The van der Waals surface area contributed by atoms with Crippen molar-refractivity contribution in [3.05, 3.63) is 39.9 Å². The molecule has 0 saturated heterocycles. The van der Waals surface area contributed by atoms with Crippen LogP contribution in [0.15, 0.2) is 24.3 Å². The van der Waals surface area contributed by atoms with E-state index in [1.54, 1.807) is 12.1 Å². The second kappa shape index (κ2) is 7.17. The molecule has 6 nitrogen and oxygen atoms in total. The molecule has 1 saturated carbocycles. The van der Waals surface area contributed by atoms with E-state index in [2.05, 4.69) is 5.32 Å². The molecule has 1 atom stereocenters. The molecule has 1 unspecified atom stereocenters. The molecule has 1 aromatic rings. The number of hydrogen-bond acceptors (Lipinski definition) is 4. The first-order chi connectivity index (χ1) is 10.1. The maximum atomic E-state index is 11.8. The summed E-state index contributed by atoms with van der Waals surface area (Å²) in [7, 11) is 0. The minimum absolute atomic E-state index is 0.0220. The number of aliphatic hydroxyl groups is 1. The number of aliphatic hydroxyl groups excluding tert-OH is 1. The van der Waals surface area contributed by atoms with E-state index < -0.39 is 11.0 Å². The summed E-state index contributed by atoms with van der Waals surface area (Å²) in [6.45, 7) is 0.248. The van der Waals surface area contributed by atoms with Crippen molar-refractivity contribution in [1.82, 2.24) is 5.32 Å². The van der Waals surface area contributed by atoms with Crippen LogP contribution in [0, 0.1) is 16.0 Å². The zero-order chi connectivity index (χ0) is 15.2. The van der Waals surface area contributed by atoms with E-state index in [4.69, 9.17) is 0 Å². The van der Waals surface area contributed by atoms with Gasteiger partial charge in [0.1, 0.15) is 0 Å². The molecule has 0 radical (unpaired) electrons. The summed E-state index contributed by atoms with van der Waals surface area (Å²) >= 11 is 0. The molecule has 0 heterocycles. The summed E-state index contributed by atoms with van der Waals surface area (Å²) < 4.78 is 0. The van der Waals surface area contributed by atoms with Gasteiger partial charge in [0.2, 0.25) is 5.91 Å². The van der Waals surface area contributed by atoms with Crippen molar-refractivity contribution in [2.24, 2.45) is 5.92 Å². The van der Waals surface area contributed by atoms with E-state index in [-0.39, 0.29) is 30.5 Å². The number of non-ortho nitro benzene ring substituents is 1. The minimum atomic E-state index is -0.499. The lowest BCUT2D eigenvalue weighted by Gasteiger charge is -2.18. The van der Waals surface area contributed by atoms with E-state index in [9.17, 15) is 20.0 Å². The third kappa shape index (κ3) is 4.53. The van der Waals surface area contributed by atoms with E-state index in [0.717, 1.165) is 25.7 Å². The number of nitrogens with zero attached hydrogens (tertiary/aromatic N) is 1. The van der Waals surface area contributed by atoms with E-state index in [1.807, 2.05) is 0 Å². The molecule has 1 aromatic carbocycles. The first-order valence-corrected chi connectivity index (χ1v) is 7.24. The largest absolute Gasteiger partial charge is 0.391 e. The standard InChI is InChI=1S/C15H20N2O4/c18-14(12-5-1-2-6-12)10-16-15(19)9-11-4-3-7-13(8-11)17(20)21/h3-4,7-8,12,14,18H,1-2,5-6,9-10H2,(H,16,19). The molecule has 1 amide bonds. The molecule has 0 aromatic heterocycles. The first-order valence-electron chi connectivity index (χ1n) is 7.24. The van der Waals surface area contributed by atoms with Crippen molar-refractivity contribution in [2.45, 2.75) is 38.2 Å². The Balaban J connectivity index is 1.81. The van der Waals surface area contributed by atoms with E-state index in [0.29, 0.717) is 5.56 Å². The number of amides is 1. The molecule has 114 valence electrons. The highest BCUT2D eigenvalue weighted by molar-refractivity contribution is 5.78. The number of nitro groups is 1. The number of carbonyl (C=O) groups excluding carboxylic acids is 1. The summed E-state index contributed by atoms with van der Waals surface area (Å²) in [6, 6.07) is 6.03. The molecule has 1 aliphatic carbocycles. The molecular weight excluding hydrogens is 272 g/mol. The second-order valence-electron chi connectivity index (χ2n) is 5.52. The number of hydrogen-bond donors (Lipinski definition) is 2. The van der Waals surface area contributed by atoms with Gasteiger partial charge in [-0.25, -0.2) is 0 Å². The lowest BCUT2D eigenvalue weighted by molar-refractivity contribution is -0.384. The fourth-order valence-electron chi connectivity index (χ4n) is 2.76. The second-order valence-corrected chi connectivity index (χ2v) is 5.52. The number of rotatable bonds is 6. The zero-order valence-corrected chi connectivity index (χ0v) is 11.8. The van der Waals surface area contributed by atoms with Crippen molar-refractivity contribution < 1.29 is 14.8 Å². The van der Waals surface area contributed by atoms with Crippen LogP contribution in [-0.2, 0) is 11.2 Å². The third-order valence-electron chi connectivity index (χ3n) is 3.94. The smallest absolute Gasteiger partial charge is 0.269 e. The Morgan fingerprint density at radius 3 is 2.81 bits per heavy atom. The molecule has 6 heteroatoms. The molecular formula is C15H20N2O4. The van der Waals surface area contributed by atoms with Gasteiger partial charge in [0.15, 0.2) is 0 Å². The normalized spacial score (nSPS) is 16.6. The Hall–Kier alpha value is -1.95. The van der Waals surface area contributed by atoms with Gasteiger partial charge in [0, 0.05) is 18.7 Å². The SMILES string of the molecule is O=C(Cc1cccc([N+](=O)[O-])c1)NCC(O)C1CCCC1. The van der Waals surface area contributed by atoms with Crippen LogP contribution in [0.5, 0.6) is 0 Å². The predicted molar refractivity (Wildman–Crippen MR) is 77.8 cm³/mol. The van der Waals surface area contributed by atoms with Crippen molar-refractivity contribution in [2.75, 3.05) is 6.54 Å². The molecule has 2 rings (SSSR count). The summed E-state index contributed by atoms with van der Waals surface area (Å²) in [4.78, 5) is 22.0. The van der Waals surface area contributed by atoms with Crippen LogP contribution in [0.3, 0.4) is 0 Å². The van der Waals surface area contributed by atoms with Gasteiger partial charge in [-0.3, -0.25) is 14.9 Å². The van der Waals surface area contributed by atoms with E-state index >= 15 is 0 Å². The highest BCUT2D eigenvalue weighted by Crippen LogP contribution is 2.27. The molecule has 1 aliphatic rings. The number of nitrogens with one attached hydrogen (secondary N) is 1. The quantitative estimate of drug-likeness (QED) is 0.617. The Labute approximate surface area is 123 Å². The average molecular weight is 292 g/mol. The van der Waals surface area contributed by atoms with Gasteiger partial charge in [-0.2, -0.15) is 0 Å². The minimum Gasteiger partial charge on any atom is -0.391 e. The summed E-state index contributed by atoms with van der Waals surface area (Å²) in [6.07, 6.45) is 3.90. The zero-order valence-electron chi connectivity index (χ0n) is 11.8. The Kier molecular flexibility index (Phi) is 5.27. The van der Waals surface area contributed by atoms with Gasteiger partial charge < -0.3 is 10.4 Å². The van der Waals surface area contributed by atoms with Crippen LogP contribution in [-0.4, -0.2) is 28.6 Å². The highest BCUT2D eigenvalue weighted by atomic mass is 16.6. The van der Waals surface area contributed by atoms with Crippen LogP contribution in [0.1, 0.15) is 31.2 Å². The fraction of sp³-hybridized carbons (Fsp3) is 0.533. The maximum Gasteiger partial charge on any atom is 0.269 e. The summed E-state index contributed by atoms with van der Waals surface area (Å²) in [5.74, 6) is 0.0515. The number of benzene rings is 1. The lowest BCUT2D eigenvalue weighted by atomic mass is 10.0. The average Bonchev–Trinajstić information content (AvgIpc) is 2.99. The topological polar surface area (TPSA) is 92.5 Å². The van der Waals surface area contributed by atoms with Crippen LogP contribution in [0.25, 0.3) is 0 Å². The highest BCUT2D eigenvalue weighted by Gasteiger charge is 2.23. The van der Waals surface area contributed by atoms with Gasteiger partial charge in [-0.15, -0.1) is 0 Å². The Morgan fingerprint density at radius 2 is 2.14 bits per heavy atom. The Morgan fingerprint density at radius 1 is 1.43 bits per heavy atom. The van der Waals surface area contributed by atoms with Crippen molar-refractivity contribution >= 4 is 11.6 Å². The van der Waals surface area contributed by atoms with Gasteiger partial charge in [-0.05, 0) is 24.3 Å². The van der Waals surface area contributed by atoms with Crippen molar-refractivity contribution in [1.29, 1.82) is 0 Å². The maximum absolute atomic E-state index is 11.8. The summed E-state index contributed by atoms with van der Waals surface area (Å²) in [5, 5.41) is 23.3. The third-order valence-corrected chi connectivity index (χ3v) is 3.94. The molecule has 21 heavy (non-hydrogen) atoms. The number of nitro benzene ring substituents is 1. The van der Waals surface area contributed by atoms with Crippen LogP contribution in [0.4, 0.5) is 5.69 Å². The monoisotopic (exact) mass is 292 g/mol. The van der Waals surface area contributed by atoms with Gasteiger partial charge >= 0.3 is 0 Å². The van der Waals surface area contributed by atoms with Crippen LogP contribution >= 0.6 is 0 Å². The molecule has 0 spiro atoms.